The topological polar surface area (TPSA) is 74.7 Å². The molecule has 0 aliphatic rings. The minimum atomic E-state index is -4.43. The zero-order valence-electron chi connectivity index (χ0n) is 8.33. The summed E-state index contributed by atoms with van der Waals surface area (Å²) in [5, 5.41) is 0. The van der Waals surface area contributed by atoms with Gasteiger partial charge in [-0.25, -0.2) is 4.31 Å². The van der Waals surface area contributed by atoms with Gasteiger partial charge in [-0.2, -0.15) is 8.42 Å². The molecule has 1 rings (SSSR count). The minimum absolute atomic E-state index is 0.0574. The summed E-state index contributed by atoms with van der Waals surface area (Å²) in [6.07, 6.45) is 2.91. The monoisotopic (exact) mass is 240 g/mol. The van der Waals surface area contributed by atoms with Gasteiger partial charge in [-0.15, -0.1) is 6.58 Å². The number of para-hydroxylation sites is 1. The van der Waals surface area contributed by atoms with Crippen LogP contribution in [0, 0.1) is 0 Å². The van der Waals surface area contributed by atoms with Crippen molar-refractivity contribution in [3.63, 3.8) is 0 Å². The molecule has 0 amide bonds. The van der Waals surface area contributed by atoms with E-state index in [1.807, 2.05) is 0 Å². The van der Waals surface area contributed by atoms with Gasteiger partial charge in [0.05, 0.1) is 17.8 Å². The van der Waals surface area contributed by atoms with Crippen LogP contribution in [0.5, 0.6) is 0 Å². The smallest absolute Gasteiger partial charge is 0.285 e. The molecule has 0 atom stereocenters. The Bertz CT molecular complexity index is 495. The SMILES string of the molecule is C=CCN(c1ccccc1[C]=O)S(=O)(=O)O. The van der Waals surface area contributed by atoms with Crippen molar-refractivity contribution in [1.82, 2.24) is 0 Å². The average Bonchev–Trinajstić information content (AvgIpc) is 2.24. The molecular formula is C10H10NO4S. The summed E-state index contributed by atoms with van der Waals surface area (Å²) in [5.74, 6) is 0. The highest BCUT2D eigenvalue weighted by Crippen LogP contribution is 2.20. The zero-order chi connectivity index (χ0) is 12.2. The standard InChI is InChI=1S/C10H10NO4S/c1-2-7-11(16(13,14)15)10-6-4-3-5-9(10)8-12/h2-6H,1,7H2,(H,13,14,15). The summed E-state index contributed by atoms with van der Waals surface area (Å²) in [5.41, 5.74) is 0.127. The summed E-state index contributed by atoms with van der Waals surface area (Å²) in [4.78, 5) is 10.6. The van der Waals surface area contributed by atoms with Crippen LogP contribution in [0.2, 0.25) is 0 Å². The van der Waals surface area contributed by atoms with Crippen molar-refractivity contribution in [2.24, 2.45) is 0 Å². The van der Waals surface area contributed by atoms with Gasteiger partial charge < -0.3 is 0 Å². The third kappa shape index (κ3) is 2.68. The largest absolute Gasteiger partial charge is 0.360 e. The van der Waals surface area contributed by atoms with Crippen LogP contribution in [-0.4, -0.2) is 25.8 Å². The van der Waals surface area contributed by atoms with Crippen molar-refractivity contribution in [3.8, 4) is 0 Å². The second-order valence-electron chi connectivity index (χ2n) is 2.92. The first-order valence-electron chi connectivity index (χ1n) is 4.34. The first-order valence-corrected chi connectivity index (χ1v) is 5.73. The lowest BCUT2D eigenvalue weighted by Crippen LogP contribution is -2.31. The van der Waals surface area contributed by atoms with Crippen LogP contribution in [0.15, 0.2) is 36.9 Å². The van der Waals surface area contributed by atoms with Crippen LogP contribution in [0.1, 0.15) is 5.56 Å². The normalized spacial score (nSPS) is 10.8. The molecule has 85 valence electrons. The molecular weight excluding hydrogens is 230 g/mol. The molecule has 0 saturated carbocycles. The van der Waals surface area contributed by atoms with Gasteiger partial charge in [-0.05, 0) is 12.1 Å². The molecule has 0 fully saturated rings. The zero-order valence-corrected chi connectivity index (χ0v) is 9.14. The van der Waals surface area contributed by atoms with Crippen LogP contribution in [0.4, 0.5) is 5.69 Å². The van der Waals surface area contributed by atoms with Crippen molar-refractivity contribution in [2.45, 2.75) is 0 Å². The van der Waals surface area contributed by atoms with Crippen molar-refractivity contribution in [2.75, 3.05) is 10.8 Å². The Hall–Kier alpha value is -1.66. The van der Waals surface area contributed by atoms with E-state index in [2.05, 4.69) is 6.58 Å². The van der Waals surface area contributed by atoms with Gasteiger partial charge in [0.2, 0.25) is 6.29 Å². The number of benzene rings is 1. The quantitative estimate of drug-likeness (QED) is 0.614. The molecule has 0 heterocycles. The van der Waals surface area contributed by atoms with E-state index < -0.39 is 10.3 Å². The van der Waals surface area contributed by atoms with Crippen LogP contribution in [0.25, 0.3) is 0 Å². The van der Waals surface area contributed by atoms with E-state index in [1.165, 1.54) is 18.2 Å². The molecule has 0 unspecified atom stereocenters. The molecule has 0 saturated heterocycles. The first kappa shape index (κ1) is 12.4. The maximum Gasteiger partial charge on any atom is 0.360 e. The number of anilines is 1. The van der Waals surface area contributed by atoms with Crippen LogP contribution < -0.4 is 4.31 Å². The molecule has 0 aliphatic carbocycles. The molecule has 1 aromatic rings. The molecule has 5 nitrogen and oxygen atoms in total. The van der Waals surface area contributed by atoms with E-state index in [-0.39, 0.29) is 17.8 Å². The fourth-order valence-electron chi connectivity index (χ4n) is 1.21. The first-order chi connectivity index (χ1) is 7.50. The van der Waals surface area contributed by atoms with Gasteiger partial charge >= 0.3 is 10.3 Å². The highest BCUT2D eigenvalue weighted by atomic mass is 32.2. The maximum absolute atomic E-state index is 11.1. The van der Waals surface area contributed by atoms with Gasteiger partial charge in [0.15, 0.2) is 0 Å². The Balaban J connectivity index is 3.31. The van der Waals surface area contributed by atoms with Crippen molar-refractivity contribution in [1.29, 1.82) is 0 Å². The Labute approximate surface area is 93.9 Å². The molecule has 0 bridgehead atoms. The van der Waals surface area contributed by atoms with Gasteiger partial charge in [-0.3, -0.25) is 9.35 Å². The molecule has 16 heavy (non-hydrogen) atoms. The van der Waals surface area contributed by atoms with E-state index in [0.29, 0.717) is 4.31 Å². The minimum Gasteiger partial charge on any atom is -0.285 e. The van der Waals surface area contributed by atoms with Gasteiger partial charge in [0.1, 0.15) is 0 Å². The number of nitrogens with zero attached hydrogens (tertiary/aromatic N) is 1. The Morgan fingerprint density at radius 3 is 2.56 bits per heavy atom. The van der Waals surface area contributed by atoms with Crippen molar-refractivity contribution in [3.05, 3.63) is 42.5 Å². The maximum atomic E-state index is 11.1. The van der Waals surface area contributed by atoms with Crippen LogP contribution >= 0.6 is 0 Å². The molecule has 6 heteroatoms. The number of hydrogen-bond donors (Lipinski definition) is 1. The van der Waals surface area contributed by atoms with E-state index in [0.717, 1.165) is 0 Å². The lowest BCUT2D eigenvalue weighted by atomic mass is 10.2. The third-order valence-electron chi connectivity index (χ3n) is 1.86. The van der Waals surface area contributed by atoms with Crippen LogP contribution in [-0.2, 0) is 15.1 Å². The predicted octanol–water partition coefficient (Wildman–Crippen LogP) is 0.940. The predicted molar refractivity (Wildman–Crippen MR) is 60.3 cm³/mol. The second-order valence-corrected chi connectivity index (χ2v) is 4.25. The summed E-state index contributed by atoms with van der Waals surface area (Å²) in [7, 11) is -4.43. The Morgan fingerprint density at radius 2 is 2.06 bits per heavy atom. The van der Waals surface area contributed by atoms with E-state index in [1.54, 1.807) is 18.4 Å². The number of rotatable bonds is 5. The Kier molecular flexibility index (Phi) is 3.81. The summed E-state index contributed by atoms with van der Waals surface area (Å²) in [6.45, 7) is 3.25. The molecule has 0 aromatic heterocycles. The summed E-state index contributed by atoms with van der Waals surface area (Å²) >= 11 is 0. The highest BCUT2D eigenvalue weighted by Gasteiger charge is 2.20. The molecule has 1 radical (unpaired) electrons. The number of hydrogen-bond acceptors (Lipinski definition) is 3. The highest BCUT2D eigenvalue weighted by molar-refractivity contribution is 7.87. The average molecular weight is 240 g/mol. The number of carbonyl (C=O) groups excluding carboxylic acids is 1. The van der Waals surface area contributed by atoms with Crippen LogP contribution in [0.3, 0.4) is 0 Å². The molecule has 1 aromatic carbocycles. The second kappa shape index (κ2) is 4.91. The van der Waals surface area contributed by atoms with Crippen molar-refractivity contribution >= 4 is 22.3 Å². The van der Waals surface area contributed by atoms with E-state index >= 15 is 0 Å². The summed E-state index contributed by atoms with van der Waals surface area (Å²) < 4.78 is 31.9. The molecule has 0 spiro atoms. The van der Waals surface area contributed by atoms with Gasteiger partial charge in [0, 0.05) is 0 Å². The molecule has 0 aliphatic heterocycles. The lowest BCUT2D eigenvalue weighted by molar-refractivity contribution is 0.479. The lowest BCUT2D eigenvalue weighted by Gasteiger charge is -2.20. The van der Waals surface area contributed by atoms with Gasteiger partial charge in [-0.1, -0.05) is 18.2 Å². The van der Waals surface area contributed by atoms with Crippen molar-refractivity contribution < 1.29 is 17.8 Å². The Morgan fingerprint density at radius 1 is 1.44 bits per heavy atom. The van der Waals surface area contributed by atoms with E-state index in [4.69, 9.17) is 4.55 Å². The van der Waals surface area contributed by atoms with E-state index in [9.17, 15) is 13.2 Å². The fourth-order valence-corrected chi connectivity index (χ4v) is 1.91. The molecule has 1 N–H and O–H groups in total. The fraction of sp³-hybridized carbons (Fsp3) is 0.100. The summed E-state index contributed by atoms with van der Waals surface area (Å²) in [6, 6.07) is 5.93. The van der Waals surface area contributed by atoms with Gasteiger partial charge in [0.25, 0.3) is 0 Å². The third-order valence-corrected chi connectivity index (χ3v) is 2.76.